The van der Waals surface area contributed by atoms with Crippen molar-refractivity contribution < 1.29 is 8.83 Å². The van der Waals surface area contributed by atoms with Crippen molar-refractivity contribution >= 4 is 54.6 Å². The molecule has 8 aromatic carbocycles. The van der Waals surface area contributed by atoms with Crippen LogP contribution >= 0.6 is 0 Å². The molecule has 0 saturated heterocycles. The van der Waals surface area contributed by atoms with E-state index in [9.17, 15) is 0 Å². The lowest BCUT2D eigenvalue weighted by Gasteiger charge is -2.13. The molecule has 5 heteroatoms. The molecule has 252 valence electrons. The molecule has 0 radical (unpaired) electrons. The Bertz CT molecular complexity index is 3220. The van der Waals surface area contributed by atoms with Crippen molar-refractivity contribution in [2.45, 2.75) is 0 Å². The summed E-state index contributed by atoms with van der Waals surface area (Å²) < 4.78 is 12.8. The van der Waals surface area contributed by atoms with Gasteiger partial charge in [-0.1, -0.05) is 140 Å². The molecule has 11 aromatic rings. The maximum atomic E-state index is 6.50. The Morgan fingerprint density at radius 2 is 0.796 bits per heavy atom. The number of aromatic nitrogens is 3. The number of hydrogen-bond acceptors (Lipinski definition) is 5. The van der Waals surface area contributed by atoms with E-state index in [1.807, 2.05) is 60.7 Å². The van der Waals surface area contributed by atoms with E-state index in [1.54, 1.807) is 0 Å². The molecule has 0 N–H and O–H groups in total. The highest BCUT2D eigenvalue weighted by atomic mass is 16.3. The Labute approximate surface area is 309 Å². The fraction of sp³-hybridized carbons (Fsp3) is 0. The second-order valence-electron chi connectivity index (χ2n) is 13.5. The number of benzene rings is 8. The lowest BCUT2D eigenvalue weighted by Crippen LogP contribution is -2.00. The third-order valence-electron chi connectivity index (χ3n) is 10.4. The predicted octanol–water partition coefficient (Wildman–Crippen LogP) is 13.2. The lowest BCUT2D eigenvalue weighted by atomic mass is 9.92. The van der Waals surface area contributed by atoms with Crippen molar-refractivity contribution in [1.29, 1.82) is 0 Å². The Hall–Kier alpha value is -7.37. The molecule has 11 rings (SSSR count). The molecule has 0 aliphatic rings. The first kappa shape index (κ1) is 30.3. The van der Waals surface area contributed by atoms with Crippen molar-refractivity contribution in [3.63, 3.8) is 0 Å². The van der Waals surface area contributed by atoms with Crippen LogP contribution in [0.15, 0.2) is 185 Å². The van der Waals surface area contributed by atoms with Crippen molar-refractivity contribution in [3.8, 4) is 56.4 Å². The maximum absolute atomic E-state index is 6.50. The minimum Gasteiger partial charge on any atom is -0.456 e. The van der Waals surface area contributed by atoms with Crippen molar-refractivity contribution in [1.82, 2.24) is 15.0 Å². The van der Waals surface area contributed by atoms with E-state index in [0.717, 1.165) is 93.6 Å². The average molecular weight is 692 g/mol. The van der Waals surface area contributed by atoms with Crippen LogP contribution in [-0.4, -0.2) is 15.0 Å². The molecule has 0 bridgehead atoms. The van der Waals surface area contributed by atoms with Gasteiger partial charge in [-0.3, -0.25) is 0 Å². The van der Waals surface area contributed by atoms with E-state index in [2.05, 4.69) is 115 Å². The number of fused-ring (bicyclic) bond motifs is 7. The summed E-state index contributed by atoms with van der Waals surface area (Å²) >= 11 is 0. The van der Waals surface area contributed by atoms with Crippen LogP contribution in [0.5, 0.6) is 0 Å². The van der Waals surface area contributed by atoms with Gasteiger partial charge >= 0.3 is 0 Å². The summed E-state index contributed by atoms with van der Waals surface area (Å²) in [7, 11) is 0. The van der Waals surface area contributed by atoms with Gasteiger partial charge in [0.15, 0.2) is 17.5 Å². The quantitative estimate of drug-likeness (QED) is 0.180. The second kappa shape index (κ2) is 12.1. The maximum Gasteiger partial charge on any atom is 0.164 e. The fourth-order valence-corrected chi connectivity index (χ4v) is 7.81. The Balaban J connectivity index is 1.09. The third kappa shape index (κ3) is 4.90. The Morgan fingerprint density at radius 3 is 1.63 bits per heavy atom. The van der Waals surface area contributed by atoms with Gasteiger partial charge in [-0.2, -0.15) is 0 Å². The second-order valence-corrected chi connectivity index (χ2v) is 13.5. The van der Waals surface area contributed by atoms with Crippen molar-refractivity contribution in [3.05, 3.63) is 176 Å². The SMILES string of the molecule is c1ccc(-c2ccc3c(c2)oc2cccc(-c4cccc5c(-c6nc(-c7ccccc7)nc(-c7ccc8c(c7)oc7ccccc78)n6)cccc45)c23)cc1. The van der Waals surface area contributed by atoms with Gasteiger partial charge in [0.2, 0.25) is 0 Å². The minimum absolute atomic E-state index is 0.582. The fourth-order valence-electron chi connectivity index (χ4n) is 7.81. The van der Waals surface area contributed by atoms with Crippen molar-refractivity contribution in [2.75, 3.05) is 0 Å². The number of nitrogens with zero attached hydrogens (tertiary/aromatic N) is 3. The zero-order valence-corrected chi connectivity index (χ0v) is 28.9. The molecular weight excluding hydrogens is 663 g/mol. The largest absolute Gasteiger partial charge is 0.456 e. The molecule has 0 fully saturated rings. The minimum atomic E-state index is 0.582. The van der Waals surface area contributed by atoms with Gasteiger partial charge in [-0.05, 0) is 69.4 Å². The van der Waals surface area contributed by atoms with E-state index < -0.39 is 0 Å². The summed E-state index contributed by atoms with van der Waals surface area (Å²) in [6, 6.07) is 60.4. The van der Waals surface area contributed by atoms with E-state index >= 15 is 0 Å². The van der Waals surface area contributed by atoms with Crippen molar-refractivity contribution in [2.24, 2.45) is 0 Å². The lowest BCUT2D eigenvalue weighted by molar-refractivity contribution is 0.668. The molecule has 0 amide bonds. The van der Waals surface area contributed by atoms with Gasteiger partial charge < -0.3 is 8.83 Å². The molecule has 0 aliphatic heterocycles. The van der Waals surface area contributed by atoms with Gasteiger partial charge in [0.1, 0.15) is 22.3 Å². The Kier molecular flexibility index (Phi) is 6.79. The standard InChI is InChI=1S/C49H29N3O2/c1-3-12-30(13-4-1)32-24-27-41-45(28-32)54-43-23-11-20-39(46(41)43)35-18-9-19-36-34(35)17-10-21-40(36)49-51-47(31-14-5-2-6-15-31)50-48(52-49)33-25-26-38-37-16-7-8-22-42(37)53-44(38)29-33/h1-29H. The summed E-state index contributed by atoms with van der Waals surface area (Å²) in [5.41, 5.74) is 10.6. The van der Waals surface area contributed by atoms with Crippen LogP contribution in [-0.2, 0) is 0 Å². The first-order valence-corrected chi connectivity index (χ1v) is 18.0. The summed E-state index contributed by atoms with van der Waals surface area (Å²) in [6.07, 6.45) is 0. The third-order valence-corrected chi connectivity index (χ3v) is 10.4. The van der Waals surface area contributed by atoms with Crippen LogP contribution in [0, 0.1) is 0 Å². The molecule has 3 aromatic heterocycles. The first-order chi connectivity index (χ1) is 26.7. The van der Waals surface area contributed by atoms with E-state index in [-0.39, 0.29) is 0 Å². The molecule has 0 unspecified atom stereocenters. The molecular formula is C49H29N3O2. The number of rotatable bonds is 5. The molecule has 0 saturated carbocycles. The number of para-hydroxylation sites is 1. The Morgan fingerprint density at radius 1 is 0.278 bits per heavy atom. The van der Waals surface area contributed by atoms with Crippen LogP contribution in [0.3, 0.4) is 0 Å². The predicted molar refractivity (Wildman–Crippen MR) is 219 cm³/mol. The molecule has 5 nitrogen and oxygen atoms in total. The average Bonchev–Trinajstić information content (AvgIpc) is 3.81. The van der Waals surface area contributed by atoms with E-state index in [1.165, 1.54) is 0 Å². The smallest absolute Gasteiger partial charge is 0.164 e. The highest BCUT2D eigenvalue weighted by molar-refractivity contribution is 6.16. The van der Waals surface area contributed by atoms with Crippen LogP contribution in [0.2, 0.25) is 0 Å². The van der Waals surface area contributed by atoms with Gasteiger partial charge in [0.25, 0.3) is 0 Å². The van der Waals surface area contributed by atoms with E-state index in [0.29, 0.717) is 17.5 Å². The molecule has 54 heavy (non-hydrogen) atoms. The van der Waals surface area contributed by atoms with E-state index in [4.69, 9.17) is 23.8 Å². The highest BCUT2D eigenvalue weighted by Crippen LogP contribution is 2.42. The first-order valence-electron chi connectivity index (χ1n) is 18.0. The summed E-state index contributed by atoms with van der Waals surface area (Å²) in [5.74, 6) is 1.79. The summed E-state index contributed by atoms with van der Waals surface area (Å²) in [5, 5.41) is 6.48. The highest BCUT2D eigenvalue weighted by Gasteiger charge is 2.19. The van der Waals surface area contributed by atoms with Gasteiger partial charge in [-0.15, -0.1) is 0 Å². The zero-order valence-electron chi connectivity index (χ0n) is 28.9. The van der Waals surface area contributed by atoms with Crippen LogP contribution in [0.25, 0.3) is 111 Å². The van der Waals surface area contributed by atoms with Crippen LogP contribution < -0.4 is 0 Å². The molecule has 3 heterocycles. The van der Waals surface area contributed by atoms with Gasteiger partial charge in [-0.25, -0.2) is 15.0 Å². The molecule has 0 atom stereocenters. The van der Waals surface area contributed by atoms with Gasteiger partial charge in [0, 0.05) is 38.2 Å². The molecule has 0 spiro atoms. The van der Waals surface area contributed by atoms with Crippen LogP contribution in [0.1, 0.15) is 0 Å². The monoisotopic (exact) mass is 691 g/mol. The summed E-state index contributed by atoms with van der Waals surface area (Å²) in [6.45, 7) is 0. The normalized spacial score (nSPS) is 11.7. The van der Waals surface area contributed by atoms with Gasteiger partial charge in [0.05, 0.1) is 0 Å². The number of furan rings is 2. The number of hydrogen-bond donors (Lipinski definition) is 0. The zero-order chi connectivity index (χ0) is 35.6. The van der Waals surface area contributed by atoms with Crippen LogP contribution in [0.4, 0.5) is 0 Å². The topological polar surface area (TPSA) is 65.0 Å². The summed E-state index contributed by atoms with van der Waals surface area (Å²) in [4.78, 5) is 15.3. The molecule has 0 aliphatic carbocycles.